The molecule has 100 valence electrons. The Kier molecular flexibility index (Phi) is 5.14. The van der Waals surface area contributed by atoms with E-state index >= 15 is 0 Å². The standard InChI is InChI=1S/C15H25N3/c1-13(2)16-10-14-6-7-15(17-11-14)12-18-8-4-3-5-9-18/h6-7,11,13,16H,3-5,8-10,12H2,1-2H3. The molecule has 0 amide bonds. The second-order valence-corrected chi connectivity index (χ2v) is 5.53. The number of nitrogens with one attached hydrogen (secondary N) is 1. The molecular formula is C15H25N3. The van der Waals surface area contributed by atoms with Crippen molar-refractivity contribution in [3.63, 3.8) is 0 Å². The fourth-order valence-corrected chi connectivity index (χ4v) is 2.32. The van der Waals surface area contributed by atoms with Gasteiger partial charge in [-0.15, -0.1) is 0 Å². The molecule has 1 fully saturated rings. The van der Waals surface area contributed by atoms with E-state index in [1.165, 1.54) is 43.6 Å². The first-order valence-corrected chi connectivity index (χ1v) is 7.13. The smallest absolute Gasteiger partial charge is 0.0544 e. The molecule has 1 aliphatic rings. The third-order valence-electron chi connectivity index (χ3n) is 3.43. The Morgan fingerprint density at radius 1 is 1.22 bits per heavy atom. The number of rotatable bonds is 5. The van der Waals surface area contributed by atoms with Crippen LogP contribution in [0, 0.1) is 0 Å². The van der Waals surface area contributed by atoms with Gasteiger partial charge in [-0.05, 0) is 37.6 Å². The van der Waals surface area contributed by atoms with E-state index in [1.54, 1.807) is 0 Å². The molecule has 1 aliphatic heterocycles. The van der Waals surface area contributed by atoms with Crippen molar-refractivity contribution in [2.45, 2.75) is 52.2 Å². The maximum absolute atomic E-state index is 4.57. The average molecular weight is 247 g/mol. The predicted octanol–water partition coefficient (Wildman–Crippen LogP) is 2.57. The SMILES string of the molecule is CC(C)NCc1ccc(CN2CCCCC2)nc1. The molecule has 0 radical (unpaired) electrons. The van der Waals surface area contributed by atoms with Crippen LogP contribution in [0.2, 0.25) is 0 Å². The van der Waals surface area contributed by atoms with Crippen molar-refractivity contribution in [1.29, 1.82) is 0 Å². The minimum atomic E-state index is 0.526. The minimum Gasteiger partial charge on any atom is -0.310 e. The van der Waals surface area contributed by atoms with Crippen molar-refractivity contribution >= 4 is 0 Å². The van der Waals surface area contributed by atoms with Gasteiger partial charge in [-0.1, -0.05) is 26.3 Å². The summed E-state index contributed by atoms with van der Waals surface area (Å²) in [5.41, 5.74) is 2.47. The normalized spacial score (nSPS) is 17.3. The van der Waals surface area contributed by atoms with Crippen LogP contribution in [0.5, 0.6) is 0 Å². The molecule has 2 rings (SSSR count). The van der Waals surface area contributed by atoms with Crippen LogP contribution in [0.4, 0.5) is 0 Å². The van der Waals surface area contributed by atoms with Gasteiger partial charge in [0.15, 0.2) is 0 Å². The van der Waals surface area contributed by atoms with Crippen LogP contribution in [0.25, 0.3) is 0 Å². The summed E-state index contributed by atoms with van der Waals surface area (Å²) in [5.74, 6) is 0. The van der Waals surface area contributed by atoms with Gasteiger partial charge < -0.3 is 5.32 Å². The van der Waals surface area contributed by atoms with Gasteiger partial charge in [0, 0.05) is 25.3 Å². The summed E-state index contributed by atoms with van der Waals surface area (Å²) in [6.45, 7) is 8.72. The van der Waals surface area contributed by atoms with E-state index in [-0.39, 0.29) is 0 Å². The summed E-state index contributed by atoms with van der Waals surface area (Å²) in [6.07, 6.45) is 6.09. The van der Waals surface area contributed by atoms with Gasteiger partial charge in [0.05, 0.1) is 5.69 Å². The van der Waals surface area contributed by atoms with E-state index in [2.05, 4.69) is 41.2 Å². The van der Waals surface area contributed by atoms with Gasteiger partial charge in [-0.2, -0.15) is 0 Å². The highest BCUT2D eigenvalue weighted by Crippen LogP contribution is 2.12. The fourth-order valence-electron chi connectivity index (χ4n) is 2.32. The van der Waals surface area contributed by atoms with E-state index in [0.717, 1.165) is 13.1 Å². The van der Waals surface area contributed by atoms with Crippen molar-refractivity contribution in [3.05, 3.63) is 29.6 Å². The molecule has 0 atom stereocenters. The van der Waals surface area contributed by atoms with Crippen LogP contribution in [0.3, 0.4) is 0 Å². The molecule has 2 heterocycles. The van der Waals surface area contributed by atoms with Gasteiger partial charge in [0.1, 0.15) is 0 Å². The number of nitrogens with zero attached hydrogens (tertiary/aromatic N) is 2. The highest BCUT2D eigenvalue weighted by Gasteiger charge is 2.10. The Hall–Kier alpha value is -0.930. The summed E-state index contributed by atoms with van der Waals surface area (Å²) in [5, 5.41) is 3.41. The molecule has 3 nitrogen and oxygen atoms in total. The lowest BCUT2D eigenvalue weighted by Crippen LogP contribution is -2.29. The maximum Gasteiger partial charge on any atom is 0.0544 e. The Morgan fingerprint density at radius 2 is 2.00 bits per heavy atom. The molecule has 0 unspecified atom stereocenters. The van der Waals surface area contributed by atoms with Crippen molar-refractivity contribution in [1.82, 2.24) is 15.2 Å². The molecular weight excluding hydrogens is 222 g/mol. The third kappa shape index (κ3) is 4.39. The molecule has 0 aliphatic carbocycles. The molecule has 18 heavy (non-hydrogen) atoms. The van der Waals surface area contributed by atoms with Crippen LogP contribution in [-0.4, -0.2) is 29.0 Å². The second kappa shape index (κ2) is 6.86. The molecule has 3 heteroatoms. The predicted molar refractivity (Wildman–Crippen MR) is 75.3 cm³/mol. The first-order valence-electron chi connectivity index (χ1n) is 7.13. The third-order valence-corrected chi connectivity index (χ3v) is 3.43. The number of pyridine rings is 1. The van der Waals surface area contributed by atoms with E-state index < -0.39 is 0 Å². The van der Waals surface area contributed by atoms with Crippen LogP contribution < -0.4 is 5.32 Å². The molecule has 1 aromatic rings. The lowest BCUT2D eigenvalue weighted by atomic mass is 10.1. The topological polar surface area (TPSA) is 28.2 Å². The maximum atomic E-state index is 4.57. The summed E-state index contributed by atoms with van der Waals surface area (Å²) < 4.78 is 0. The van der Waals surface area contributed by atoms with Gasteiger partial charge in [-0.3, -0.25) is 9.88 Å². The summed E-state index contributed by atoms with van der Waals surface area (Å²) >= 11 is 0. The van der Waals surface area contributed by atoms with E-state index in [9.17, 15) is 0 Å². The lowest BCUT2D eigenvalue weighted by Gasteiger charge is -2.25. The average Bonchev–Trinajstić information content (AvgIpc) is 2.39. The first-order chi connectivity index (χ1) is 8.74. The van der Waals surface area contributed by atoms with Gasteiger partial charge in [0.25, 0.3) is 0 Å². The summed E-state index contributed by atoms with van der Waals surface area (Å²) in [4.78, 5) is 7.08. The summed E-state index contributed by atoms with van der Waals surface area (Å²) in [6, 6.07) is 4.89. The number of hydrogen-bond donors (Lipinski definition) is 1. The van der Waals surface area contributed by atoms with Crippen molar-refractivity contribution in [2.24, 2.45) is 0 Å². The monoisotopic (exact) mass is 247 g/mol. The minimum absolute atomic E-state index is 0.526. The highest BCUT2D eigenvalue weighted by molar-refractivity contribution is 5.14. The Morgan fingerprint density at radius 3 is 2.61 bits per heavy atom. The molecule has 0 saturated carbocycles. The zero-order valence-electron chi connectivity index (χ0n) is 11.7. The van der Waals surface area contributed by atoms with Gasteiger partial charge in [-0.25, -0.2) is 0 Å². The largest absolute Gasteiger partial charge is 0.310 e. The van der Waals surface area contributed by atoms with E-state index in [0.29, 0.717) is 6.04 Å². The Bertz CT molecular complexity index is 339. The Balaban J connectivity index is 1.83. The zero-order chi connectivity index (χ0) is 12.8. The van der Waals surface area contributed by atoms with Gasteiger partial charge in [0.2, 0.25) is 0 Å². The highest BCUT2D eigenvalue weighted by atomic mass is 15.1. The lowest BCUT2D eigenvalue weighted by molar-refractivity contribution is 0.218. The molecule has 0 spiro atoms. The van der Waals surface area contributed by atoms with Crippen LogP contribution in [-0.2, 0) is 13.1 Å². The van der Waals surface area contributed by atoms with E-state index in [4.69, 9.17) is 0 Å². The summed E-state index contributed by atoms with van der Waals surface area (Å²) in [7, 11) is 0. The van der Waals surface area contributed by atoms with Gasteiger partial charge >= 0.3 is 0 Å². The van der Waals surface area contributed by atoms with Crippen LogP contribution in [0.1, 0.15) is 44.4 Å². The van der Waals surface area contributed by atoms with Crippen LogP contribution >= 0.6 is 0 Å². The number of piperidine rings is 1. The molecule has 1 aromatic heterocycles. The van der Waals surface area contributed by atoms with Crippen LogP contribution in [0.15, 0.2) is 18.3 Å². The fraction of sp³-hybridized carbons (Fsp3) is 0.667. The van der Waals surface area contributed by atoms with Crippen molar-refractivity contribution in [3.8, 4) is 0 Å². The molecule has 0 aromatic carbocycles. The second-order valence-electron chi connectivity index (χ2n) is 5.53. The van der Waals surface area contributed by atoms with Crippen molar-refractivity contribution < 1.29 is 0 Å². The molecule has 0 bridgehead atoms. The first kappa shape index (κ1) is 13.5. The van der Waals surface area contributed by atoms with Crippen molar-refractivity contribution in [2.75, 3.05) is 13.1 Å². The Labute approximate surface area is 111 Å². The zero-order valence-corrected chi connectivity index (χ0v) is 11.7. The molecule has 1 N–H and O–H groups in total. The number of hydrogen-bond acceptors (Lipinski definition) is 3. The van der Waals surface area contributed by atoms with E-state index in [1.807, 2.05) is 6.20 Å². The number of likely N-dealkylation sites (tertiary alicyclic amines) is 1. The molecule has 1 saturated heterocycles. The number of aromatic nitrogens is 1. The quantitative estimate of drug-likeness (QED) is 0.867.